The van der Waals surface area contributed by atoms with E-state index in [2.05, 4.69) is 10.3 Å². The summed E-state index contributed by atoms with van der Waals surface area (Å²) in [5, 5.41) is 3.37. The van der Waals surface area contributed by atoms with Gasteiger partial charge in [-0.05, 0) is 55.3 Å². The van der Waals surface area contributed by atoms with E-state index in [0.717, 1.165) is 16.7 Å². The summed E-state index contributed by atoms with van der Waals surface area (Å²) in [6.07, 6.45) is 3.23. The Bertz CT molecular complexity index is 1230. The number of aromatic nitrogens is 1. The van der Waals surface area contributed by atoms with Gasteiger partial charge in [-0.2, -0.15) is 0 Å². The monoisotopic (exact) mass is 370 g/mol. The highest BCUT2D eigenvalue weighted by atomic mass is 16.3. The van der Waals surface area contributed by atoms with E-state index < -0.39 is 0 Å². The summed E-state index contributed by atoms with van der Waals surface area (Å²) in [4.78, 5) is 28.9. The van der Waals surface area contributed by atoms with Crippen molar-refractivity contribution in [3.63, 3.8) is 0 Å². The molecule has 2 heterocycles. The Morgan fingerprint density at radius 3 is 2.54 bits per heavy atom. The Labute approximate surface area is 161 Å². The molecule has 0 atom stereocenters. The lowest BCUT2D eigenvalue weighted by atomic mass is 10.1. The van der Waals surface area contributed by atoms with Crippen molar-refractivity contribution < 1.29 is 9.21 Å². The number of aryl methyl sites for hydroxylation is 2. The van der Waals surface area contributed by atoms with Crippen LogP contribution in [0.3, 0.4) is 0 Å². The predicted octanol–water partition coefficient (Wildman–Crippen LogP) is 4.72. The van der Waals surface area contributed by atoms with Crippen LogP contribution in [-0.4, -0.2) is 10.9 Å². The molecule has 1 amide bonds. The zero-order valence-corrected chi connectivity index (χ0v) is 15.5. The van der Waals surface area contributed by atoms with Gasteiger partial charge in [0.2, 0.25) is 0 Å². The van der Waals surface area contributed by atoms with E-state index in [0.29, 0.717) is 28.0 Å². The average molecular weight is 370 g/mol. The van der Waals surface area contributed by atoms with Crippen LogP contribution in [0, 0.1) is 13.8 Å². The first-order valence-corrected chi connectivity index (χ1v) is 8.88. The molecule has 0 fully saturated rings. The van der Waals surface area contributed by atoms with Crippen LogP contribution >= 0.6 is 0 Å². The maximum Gasteiger partial charge on any atom is 0.255 e. The van der Waals surface area contributed by atoms with Gasteiger partial charge in [-0.15, -0.1) is 0 Å². The second-order valence-electron chi connectivity index (χ2n) is 6.71. The molecule has 5 nitrogen and oxygen atoms in total. The van der Waals surface area contributed by atoms with Crippen LogP contribution in [0.5, 0.6) is 0 Å². The number of fused-ring (bicyclic) bond motifs is 1. The van der Waals surface area contributed by atoms with Crippen LogP contribution in [-0.2, 0) is 0 Å². The van der Waals surface area contributed by atoms with E-state index in [9.17, 15) is 9.59 Å². The summed E-state index contributed by atoms with van der Waals surface area (Å²) < 4.78 is 6.00. The summed E-state index contributed by atoms with van der Waals surface area (Å²) in [6, 6.07) is 15.8. The van der Waals surface area contributed by atoms with Gasteiger partial charge >= 0.3 is 0 Å². The number of pyridine rings is 1. The molecule has 0 spiro atoms. The minimum absolute atomic E-state index is 0.0820. The first kappa shape index (κ1) is 17.7. The van der Waals surface area contributed by atoms with E-state index in [-0.39, 0.29) is 11.3 Å². The fourth-order valence-corrected chi connectivity index (χ4v) is 3.18. The molecule has 0 aliphatic rings. The molecule has 5 heteroatoms. The minimum Gasteiger partial charge on any atom is -0.456 e. The molecule has 0 radical (unpaired) electrons. The SMILES string of the molecule is Cc1cc(C)c2oc(-c3ccc(C(=O)Nc4cccnc4)cc3)cc(=O)c2c1. The van der Waals surface area contributed by atoms with Gasteiger partial charge in [0.1, 0.15) is 11.3 Å². The van der Waals surface area contributed by atoms with Crippen molar-refractivity contribution >= 4 is 22.6 Å². The number of benzene rings is 2. The maximum absolute atomic E-state index is 12.5. The number of nitrogens with one attached hydrogen (secondary N) is 1. The van der Waals surface area contributed by atoms with E-state index in [1.165, 1.54) is 6.07 Å². The normalized spacial score (nSPS) is 10.8. The molecule has 0 saturated carbocycles. The Morgan fingerprint density at radius 1 is 1.04 bits per heavy atom. The van der Waals surface area contributed by atoms with Gasteiger partial charge < -0.3 is 9.73 Å². The molecule has 1 N–H and O–H groups in total. The van der Waals surface area contributed by atoms with Crippen molar-refractivity contribution in [2.45, 2.75) is 13.8 Å². The third kappa shape index (κ3) is 3.42. The summed E-state index contributed by atoms with van der Waals surface area (Å²) in [6.45, 7) is 3.88. The van der Waals surface area contributed by atoms with Crippen molar-refractivity contribution in [1.29, 1.82) is 0 Å². The van der Waals surface area contributed by atoms with Gasteiger partial charge in [0.25, 0.3) is 5.91 Å². The zero-order valence-electron chi connectivity index (χ0n) is 15.5. The Hall–Kier alpha value is -3.73. The summed E-state index contributed by atoms with van der Waals surface area (Å²) in [5.74, 6) is 0.245. The van der Waals surface area contributed by atoms with E-state index in [1.54, 1.807) is 48.8 Å². The largest absolute Gasteiger partial charge is 0.456 e. The second-order valence-corrected chi connectivity index (χ2v) is 6.71. The Balaban J connectivity index is 1.65. The van der Waals surface area contributed by atoms with E-state index >= 15 is 0 Å². The standard InChI is InChI=1S/C23H18N2O3/c1-14-10-15(2)22-19(11-14)20(26)12-21(28-22)16-5-7-17(8-6-16)23(27)25-18-4-3-9-24-13-18/h3-13H,1-2H3,(H,25,27). The third-order valence-corrected chi connectivity index (χ3v) is 4.51. The van der Waals surface area contributed by atoms with E-state index in [4.69, 9.17) is 4.42 Å². The number of hydrogen-bond acceptors (Lipinski definition) is 4. The van der Waals surface area contributed by atoms with Gasteiger partial charge in [-0.3, -0.25) is 14.6 Å². The number of hydrogen-bond donors (Lipinski definition) is 1. The highest BCUT2D eigenvalue weighted by Gasteiger charge is 2.11. The van der Waals surface area contributed by atoms with Crippen molar-refractivity contribution in [1.82, 2.24) is 4.98 Å². The highest BCUT2D eigenvalue weighted by Crippen LogP contribution is 2.25. The van der Waals surface area contributed by atoms with Crippen LogP contribution in [0.1, 0.15) is 21.5 Å². The molecule has 4 aromatic rings. The van der Waals surface area contributed by atoms with Gasteiger partial charge in [0, 0.05) is 23.4 Å². The van der Waals surface area contributed by atoms with Gasteiger partial charge in [0.05, 0.1) is 17.3 Å². The number of rotatable bonds is 3. The highest BCUT2D eigenvalue weighted by molar-refractivity contribution is 6.04. The fourth-order valence-electron chi connectivity index (χ4n) is 3.18. The third-order valence-electron chi connectivity index (χ3n) is 4.51. The molecule has 0 bridgehead atoms. The molecule has 2 aromatic carbocycles. The quantitative estimate of drug-likeness (QED) is 0.566. The van der Waals surface area contributed by atoms with Crippen LogP contribution in [0.4, 0.5) is 5.69 Å². The van der Waals surface area contributed by atoms with E-state index in [1.807, 2.05) is 26.0 Å². The lowest BCUT2D eigenvalue weighted by Gasteiger charge is -2.08. The van der Waals surface area contributed by atoms with Crippen molar-refractivity contribution in [3.05, 3.63) is 93.9 Å². The summed E-state index contributed by atoms with van der Waals surface area (Å²) >= 11 is 0. The lowest BCUT2D eigenvalue weighted by Crippen LogP contribution is -2.11. The molecule has 0 saturated heterocycles. The number of carbonyl (C=O) groups excluding carboxylic acids is 1. The summed E-state index contributed by atoms with van der Waals surface area (Å²) in [7, 11) is 0. The summed E-state index contributed by atoms with van der Waals surface area (Å²) in [5.41, 5.74) is 4.31. The Morgan fingerprint density at radius 2 is 1.82 bits per heavy atom. The molecular weight excluding hydrogens is 352 g/mol. The first-order chi connectivity index (χ1) is 13.5. The number of carbonyl (C=O) groups is 1. The fraction of sp³-hybridized carbons (Fsp3) is 0.0870. The van der Waals surface area contributed by atoms with Crippen LogP contribution in [0.25, 0.3) is 22.3 Å². The second kappa shape index (κ2) is 7.12. The van der Waals surface area contributed by atoms with Crippen molar-refractivity contribution in [2.24, 2.45) is 0 Å². The number of amides is 1. The molecule has 2 aromatic heterocycles. The zero-order chi connectivity index (χ0) is 19.7. The van der Waals surface area contributed by atoms with Gasteiger partial charge in [-0.1, -0.05) is 18.2 Å². The lowest BCUT2D eigenvalue weighted by molar-refractivity contribution is 0.102. The smallest absolute Gasteiger partial charge is 0.255 e. The van der Waals surface area contributed by atoms with Crippen molar-refractivity contribution in [3.8, 4) is 11.3 Å². The van der Waals surface area contributed by atoms with Crippen molar-refractivity contribution in [2.75, 3.05) is 5.32 Å². The molecule has 0 aliphatic heterocycles. The Kier molecular flexibility index (Phi) is 4.49. The topological polar surface area (TPSA) is 72.2 Å². The first-order valence-electron chi connectivity index (χ1n) is 8.88. The van der Waals surface area contributed by atoms with Crippen LogP contribution in [0.2, 0.25) is 0 Å². The van der Waals surface area contributed by atoms with Crippen LogP contribution < -0.4 is 10.7 Å². The number of anilines is 1. The predicted molar refractivity (Wildman–Crippen MR) is 110 cm³/mol. The molecular formula is C23H18N2O3. The average Bonchev–Trinajstić information content (AvgIpc) is 2.69. The van der Waals surface area contributed by atoms with Gasteiger partial charge in [0.15, 0.2) is 5.43 Å². The molecule has 0 aliphatic carbocycles. The maximum atomic E-state index is 12.5. The molecule has 4 rings (SSSR count). The number of nitrogens with zero attached hydrogens (tertiary/aromatic N) is 1. The molecule has 0 unspecified atom stereocenters. The minimum atomic E-state index is -0.231. The molecule has 138 valence electrons. The molecule has 28 heavy (non-hydrogen) atoms. The van der Waals surface area contributed by atoms with Crippen LogP contribution in [0.15, 0.2) is 76.2 Å². The van der Waals surface area contributed by atoms with Gasteiger partial charge in [-0.25, -0.2) is 0 Å².